The van der Waals surface area contributed by atoms with Crippen molar-refractivity contribution in [3.05, 3.63) is 0 Å². The molecule has 0 saturated heterocycles. The maximum Gasteiger partial charge on any atom is 0 e. The van der Waals surface area contributed by atoms with Crippen molar-refractivity contribution in [2.24, 2.45) is 0 Å². The van der Waals surface area contributed by atoms with Crippen LogP contribution in [-0.2, 0) is 0 Å². The van der Waals surface area contributed by atoms with Gasteiger partial charge in [0.05, 0.1) is 0 Å². The van der Waals surface area contributed by atoms with Crippen LogP contribution in [-0.4, -0.2) is 5.70 Å². The first-order chi connectivity index (χ1) is 1.41. The van der Waals surface area contributed by atoms with Gasteiger partial charge in [-0.15, -0.1) is 0 Å². The van der Waals surface area contributed by atoms with Crippen molar-refractivity contribution in [3.63, 3.8) is 0 Å². The van der Waals surface area contributed by atoms with E-state index in [-0.39, 0.29) is 48.1 Å². The molecule has 4 heteroatoms. The normalized spacial score (nSPS) is 5.25. The molecule has 0 heterocycles. The Labute approximate surface area is 70.8 Å². The number of halogens is 2. The summed E-state index contributed by atoms with van der Waals surface area (Å²) in [4.78, 5) is 0. The van der Waals surface area contributed by atoms with Crippen molar-refractivity contribution >= 4 is 41.3 Å². The first-order valence-electron chi connectivity index (χ1n) is 0.390. The molecule has 2 radical (unpaired) electrons. The molecule has 0 aromatic carbocycles. The van der Waals surface area contributed by atoms with Crippen LogP contribution in [0.25, 0.3) is 0 Å². The zero-order valence-corrected chi connectivity index (χ0v) is 10.5. The van der Waals surface area contributed by atoms with Crippen LogP contribution in [0, 0.1) is 31.1 Å². The van der Waals surface area contributed by atoms with Gasteiger partial charge in [-0.2, -0.15) is 0 Å². The van der Waals surface area contributed by atoms with Gasteiger partial charge in [0.15, 0.2) is 0 Å². The summed E-state index contributed by atoms with van der Waals surface area (Å²) in [5.74, 6) is 0. The van der Waals surface area contributed by atoms with Gasteiger partial charge in [-0.1, -0.05) is 0 Å². The quantitative estimate of drug-likeness (QED) is 0.344. The SMILES string of the molecule is [B][IH]I.[U]. The Balaban J connectivity index is 0. The summed E-state index contributed by atoms with van der Waals surface area (Å²) >= 11 is 2.14. The van der Waals surface area contributed by atoms with E-state index in [1.54, 1.807) is 0 Å². The van der Waals surface area contributed by atoms with Crippen molar-refractivity contribution in [2.75, 3.05) is 0 Å². The van der Waals surface area contributed by atoms with Gasteiger partial charge >= 0.3 is 41.3 Å². The van der Waals surface area contributed by atoms with Crippen molar-refractivity contribution in [1.29, 1.82) is 0 Å². The zero-order chi connectivity index (χ0) is 2.71. The summed E-state index contributed by atoms with van der Waals surface area (Å²) in [5.41, 5.74) is 4.96. The van der Waals surface area contributed by atoms with Gasteiger partial charge in [0, 0.05) is 31.1 Å². The maximum absolute atomic E-state index is 4.96. The average molecular weight is 504 g/mol. The van der Waals surface area contributed by atoms with Crippen molar-refractivity contribution in [2.45, 2.75) is 0 Å². The summed E-state index contributed by atoms with van der Waals surface area (Å²) in [7, 11) is 0. The molecule has 0 aromatic rings. The van der Waals surface area contributed by atoms with E-state index in [2.05, 4.69) is 18.6 Å². The van der Waals surface area contributed by atoms with Crippen LogP contribution >= 0.6 is 35.6 Å². The van der Waals surface area contributed by atoms with E-state index < -0.39 is 0 Å². The third-order valence-electron chi connectivity index (χ3n) is 0. The number of rotatable bonds is 0. The second kappa shape index (κ2) is 9.13. The minimum atomic E-state index is -0.0600. The molecule has 0 bridgehead atoms. The van der Waals surface area contributed by atoms with Gasteiger partial charge in [-0.05, 0) is 0 Å². The first-order valence-corrected chi connectivity index (χ1v) is 8.52. The summed E-state index contributed by atoms with van der Waals surface area (Å²) < 4.78 is 0. The predicted molar refractivity (Wildman–Crippen MR) is 35.2 cm³/mol. The van der Waals surface area contributed by atoms with Crippen LogP contribution in [0.2, 0.25) is 0 Å². The molecule has 22 valence electrons. The van der Waals surface area contributed by atoms with E-state index in [4.69, 9.17) is 5.70 Å². The van der Waals surface area contributed by atoms with Crippen LogP contribution in [0.4, 0.5) is 0 Å². The van der Waals surface area contributed by atoms with E-state index >= 15 is 0 Å². The number of hydrogen-bond acceptors (Lipinski definition) is 0. The molecule has 0 aromatic heterocycles. The molecule has 0 unspecified atom stereocenters. The monoisotopic (exact) mass is 504 g/mol. The van der Waals surface area contributed by atoms with Crippen LogP contribution in [0.15, 0.2) is 0 Å². The molecular weight excluding hydrogens is 503 g/mol. The van der Waals surface area contributed by atoms with Crippen molar-refractivity contribution in [3.8, 4) is 0 Å². The van der Waals surface area contributed by atoms with Gasteiger partial charge < -0.3 is 0 Å². The molecule has 0 aliphatic carbocycles. The summed E-state index contributed by atoms with van der Waals surface area (Å²) in [6.45, 7) is 0. The fourth-order valence-corrected chi connectivity index (χ4v) is 0. The third-order valence-corrected chi connectivity index (χ3v) is 0. The van der Waals surface area contributed by atoms with E-state index in [0.29, 0.717) is 0 Å². The van der Waals surface area contributed by atoms with Crippen LogP contribution < -0.4 is 0 Å². The maximum atomic E-state index is 4.96. The Kier molecular flexibility index (Phi) is 22.3. The second-order valence-electron chi connectivity index (χ2n) is 0.0891. The van der Waals surface area contributed by atoms with Crippen LogP contribution in [0.5, 0.6) is 0 Å². The summed E-state index contributed by atoms with van der Waals surface area (Å²) in [6, 6.07) is 0. The molecule has 0 aliphatic rings. The van der Waals surface area contributed by atoms with Crippen molar-refractivity contribution < 1.29 is 31.1 Å². The second-order valence-corrected chi connectivity index (χ2v) is 4.01. The molecule has 0 spiro atoms. The molecule has 0 fully saturated rings. The van der Waals surface area contributed by atoms with Gasteiger partial charge in [0.25, 0.3) is 0 Å². The van der Waals surface area contributed by atoms with Gasteiger partial charge in [-0.3, -0.25) is 0 Å². The fraction of sp³-hybridized carbons (Fsp3) is 0. The number of hydrogen-bond donors (Lipinski definition) is 0. The molecule has 0 atom stereocenters. The zero-order valence-electron chi connectivity index (χ0n) is 1.86. The fourth-order valence-electron chi connectivity index (χ4n) is 0. The van der Waals surface area contributed by atoms with Gasteiger partial charge in [0.2, 0.25) is 0 Å². The minimum Gasteiger partial charge on any atom is 0 e. The summed E-state index contributed by atoms with van der Waals surface area (Å²) in [5, 5.41) is 0. The summed E-state index contributed by atoms with van der Waals surface area (Å²) in [6.07, 6.45) is 0. The topological polar surface area (TPSA) is 0 Å². The van der Waals surface area contributed by atoms with Crippen molar-refractivity contribution in [1.82, 2.24) is 0 Å². The third kappa shape index (κ3) is 8.82. The Morgan fingerprint density at radius 3 is 1.75 bits per heavy atom. The molecule has 0 N–H and O–H groups in total. The van der Waals surface area contributed by atoms with Gasteiger partial charge in [-0.25, -0.2) is 0 Å². The largest absolute Gasteiger partial charge is 0 e. The van der Waals surface area contributed by atoms with Crippen LogP contribution in [0.3, 0.4) is 0 Å². The first kappa shape index (κ1) is 9.76. The molecule has 0 aliphatic heterocycles. The Bertz CT molecular complexity index is 6.00. The van der Waals surface area contributed by atoms with E-state index in [0.717, 1.165) is 0 Å². The average Bonchev–Trinajstić information content (AvgIpc) is 0.918. The molecule has 0 saturated carbocycles. The molecule has 0 nitrogen and oxygen atoms in total. The molecule has 0 rings (SSSR count). The molecular formula is HBI2U. The smallest absolute Gasteiger partial charge is 0 e. The predicted octanol–water partition coefficient (Wildman–Crippen LogP) is 1.12. The minimum absolute atomic E-state index is 0. The van der Waals surface area contributed by atoms with E-state index in [1.807, 2.05) is 0 Å². The van der Waals surface area contributed by atoms with E-state index in [1.165, 1.54) is 0 Å². The molecule has 0 amide bonds. The van der Waals surface area contributed by atoms with Gasteiger partial charge in [0.1, 0.15) is 0 Å². The Morgan fingerprint density at radius 1 is 1.75 bits per heavy atom. The van der Waals surface area contributed by atoms with E-state index in [9.17, 15) is 0 Å². The Morgan fingerprint density at radius 2 is 1.75 bits per heavy atom. The van der Waals surface area contributed by atoms with Crippen LogP contribution in [0.1, 0.15) is 0 Å². The Hall–Kier alpha value is 2.58. The molecule has 4 heavy (non-hydrogen) atoms. The standard InChI is InChI=1S/BHI2.U/c1-3-2;/h3H;.